The van der Waals surface area contributed by atoms with Gasteiger partial charge in [-0.1, -0.05) is 6.07 Å². The smallest absolute Gasteiger partial charge is 0.254 e. The van der Waals surface area contributed by atoms with Gasteiger partial charge in [-0.15, -0.1) is 0 Å². The van der Waals surface area contributed by atoms with E-state index in [1.807, 2.05) is 19.1 Å². The van der Waals surface area contributed by atoms with Gasteiger partial charge in [0.05, 0.1) is 12.3 Å². The molecule has 1 aliphatic heterocycles. The number of hydrogen-bond donors (Lipinski definition) is 2. The Hall–Kier alpha value is -2.34. The van der Waals surface area contributed by atoms with E-state index in [2.05, 4.69) is 9.88 Å². The maximum absolute atomic E-state index is 12.3. The first-order valence-electron chi connectivity index (χ1n) is 9.40. The molecule has 26 heavy (non-hydrogen) atoms. The van der Waals surface area contributed by atoms with Crippen LogP contribution in [0.15, 0.2) is 23.0 Å². The van der Waals surface area contributed by atoms with E-state index in [-0.39, 0.29) is 11.3 Å². The minimum Gasteiger partial charge on any atom is -0.504 e. The third kappa shape index (κ3) is 3.75. The number of H-pyrrole nitrogens is 1. The summed E-state index contributed by atoms with van der Waals surface area (Å²) in [7, 11) is 0. The van der Waals surface area contributed by atoms with Crippen LogP contribution in [0.2, 0.25) is 0 Å². The van der Waals surface area contributed by atoms with Gasteiger partial charge in [0.1, 0.15) is 5.82 Å². The fourth-order valence-electron chi connectivity index (χ4n) is 3.56. The van der Waals surface area contributed by atoms with E-state index in [0.717, 1.165) is 48.6 Å². The van der Waals surface area contributed by atoms with Crippen LogP contribution in [-0.4, -0.2) is 33.1 Å². The summed E-state index contributed by atoms with van der Waals surface area (Å²) in [6, 6.07) is 5.48. The SMILES string of the molecule is CCOc1cc(CN2CCc3c(nc(CC4CC4)[nH]c3=O)C2)ccc1O. The molecular formula is C20H25N3O3. The molecule has 2 heterocycles. The average molecular weight is 355 g/mol. The second-order valence-electron chi connectivity index (χ2n) is 7.28. The molecule has 138 valence electrons. The highest BCUT2D eigenvalue weighted by molar-refractivity contribution is 5.41. The minimum atomic E-state index is 0.0357. The summed E-state index contributed by atoms with van der Waals surface area (Å²) in [5.74, 6) is 2.22. The lowest BCUT2D eigenvalue weighted by atomic mass is 10.0. The van der Waals surface area contributed by atoms with Gasteiger partial charge in [-0.05, 0) is 49.8 Å². The Morgan fingerprint density at radius 3 is 3.00 bits per heavy atom. The molecule has 0 amide bonds. The number of nitrogens with one attached hydrogen (secondary N) is 1. The number of phenolic OH excluding ortho intramolecular Hbond substituents is 1. The molecule has 2 aromatic rings. The van der Waals surface area contributed by atoms with Crippen molar-refractivity contribution in [1.29, 1.82) is 0 Å². The number of phenols is 1. The van der Waals surface area contributed by atoms with E-state index >= 15 is 0 Å². The van der Waals surface area contributed by atoms with Crippen LogP contribution >= 0.6 is 0 Å². The maximum Gasteiger partial charge on any atom is 0.254 e. The Labute approximate surface area is 152 Å². The van der Waals surface area contributed by atoms with Gasteiger partial charge >= 0.3 is 0 Å². The van der Waals surface area contributed by atoms with Crippen molar-refractivity contribution in [2.45, 2.75) is 45.7 Å². The van der Waals surface area contributed by atoms with Crippen LogP contribution < -0.4 is 10.3 Å². The Morgan fingerprint density at radius 2 is 2.23 bits per heavy atom. The summed E-state index contributed by atoms with van der Waals surface area (Å²) >= 11 is 0. The second-order valence-corrected chi connectivity index (χ2v) is 7.28. The molecule has 0 unspecified atom stereocenters. The van der Waals surface area contributed by atoms with Crippen LogP contribution in [0.25, 0.3) is 0 Å². The van der Waals surface area contributed by atoms with Gasteiger partial charge in [0.15, 0.2) is 11.5 Å². The lowest BCUT2D eigenvalue weighted by Gasteiger charge is -2.28. The first-order chi connectivity index (χ1) is 12.6. The molecule has 0 saturated heterocycles. The molecule has 0 spiro atoms. The molecule has 0 atom stereocenters. The highest BCUT2D eigenvalue weighted by Crippen LogP contribution is 2.32. The molecule has 1 fully saturated rings. The zero-order valence-electron chi connectivity index (χ0n) is 15.1. The van der Waals surface area contributed by atoms with Gasteiger partial charge in [-0.2, -0.15) is 0 Å². The molecule has 1 aromatic heterocycles. The van der Waals surface area contributed by atoms with Crippen molar-refractivity contribution in [3.05, 3.63) is 51.2 Å². The quantitative estimate of drug-likeness (QED) is 0.832. The van der Waals surface area contributed by atoms with Gasteiger partial charge in [0, 0.05) is 31.6 Å². The Morgan fingerprint density at radius 1 is 1.38 bits per heavy atom. The van der Waals surface area contributed by atoms with E-state index in [1.54, 1.807) is 6.07 Å². The zero-order valence-corrected chi connectivity index (χ0v) is 15.1. The molecule has 2 aliphatic rings. The van der Waals surface area contributed by atoms with Crippen molar-refractivity contribution in [2.75, 3.05) is 13.2 Å². The second kappa shape index (κ2) is 7.11. The first kappa shape index (κ1) is 17.1. The molecule has 0 bridgehead atoms. The number of fused-ring (bicyclic) bond motifs is 1. The number of aromatic nitrogens is 2. The van der Waals surface area contributed by atoms with Crippen molar-refractivity contribution >= 4 is 0 Å². The van der Waals surface area contributed by atoms with Gasteiger partial charge in [0.2, 0.25) is 0 Å². The molecule has 2 N–H and O–H groups in total. The third-order valence-corrected chi connectivity index (χ3v) is 5.11. The van der Waals surface area contributed by atoms with Gasteiger partial charge in [0.25, 0.3) is 5.56 Å². The molecule has 4 rings (SSSR count). The van der Waals surface area contributed by atoms with E-state index in [1.165, 1.54) is 12.8 Å². The lowest BCUT2D eigenvalue weighted by Crippen LogP contribution is -2.35. The van der Waals surface area contributed by atoms with Crippen LogP contribution in [0.1, 0.15) is 42.4 Å². The highest BCUT2D eigenvalue weighted by atomic mass is 16.5. The van der Waals surface area contributed by atoms with Crippen molar-refractivity contribution in [3.63, 3.8) is 0 Å². The zero-order chi connectivity index (χ0) is 18.1. The van der Waals surface area contributed by atoms with E-state index < -0.39 is 0 Å². The number of aromatic amines is 1. The normalized spacial score (nSPS) is 17.1. The van der Waals surface area contributed by atoms with Crippen molar-refractivity contribution in [2.24, 2.45) is 5.92 Å². The van der Waals surface area contributed by atoms with Crippen LogP contribution in [0, 0.1) is 5.92 Å². The van der Waals surface area contributed by atoms with Crippen LogP contribution in [0.5, 0.6) is 11.5 Å². The van der Waals surface area contributed by atoms with Crippen molar-refractivity contribution < 1.29 is 9.84 Å². The standard InChI is InChI=1S/C20H25N3O3/c1-2-26-18-9-14(5-6-17(18)24)11-23-8-7-15-16(12-23)21-19(22-20(15)25)10-13-3-4-13/h5-6,9,13,24H,2-4,7-8,10-12H2,1H3,(H,21,22,25). The number of nitrogens with zero attached hydrogens (tertiary/aromatic N) is 2. The summed E-state index contributed by atoms with van der Waals surface area (Å²) in [6.45, 7) is 4.67. The van der Waals surface area contributed by atoms with Crippen LogP contribution in [0.4, 0.5) is 0 Å². The summed E-state index contributed by atoms with van der Waals surface area (Å²) in [6.07, 6.45) is 4.10. The molecule has 1 aromatic carbocycles. The molecule has 6 heteroatoms. The number of aromatic hydroxyl groups is 1. The van der Waals surface area contributed by atoms with Crippen molar-refractivity contribution in [3.8, 4) is 11.5 Å². The Kier molecular flexibility index (Phi) is 4.68. The fourth-order valence-corrected chi connectivity index (χ4v) is 3.56. The Bertz CT molecular complexity index is 858. The van der Waals surface area contributed by atoms with E-state index in [0.29, 0.717) is 24.8 Å². The average Bonchev–Trinajstić information content (AvgIpc) is 3.42. The predicted octanol–water partition coefficient (Wildman–Crippen LogP) is 2.39. The largest absolute Gasteiger partial charge is 0.504 e. The van der Waals surface area contributed by atoms with Gasteiger partial charge in [-0.3, -0.25) is 9.69 Å². The molecule has 0 radical (unpaired) electrons. The van der Waals surface area contributed by atoms with Crippen molar-refractivity contribution in [1.82, 2.24) is 14.9 Å². The summed E-state index contributed by atoms with van der Waals surface area (Å²) < 4.78 is 5.47. The Balaban J connectivity index is 1.50. The summed E-state index contributed by atoms with van der Waals surface area (Å²) in [4.78, 5) is 22.4. The monoisotopic (exact) mass is 355 g/mol. The van der Waals surface area contributed by atoms with Gasteiger partial charge < -0.3 is 14.8 Å². The fraction of sp³-hybridized carbons (Fsp3) is 0.500. The number of ether oxygens (including phenoxy) is 1. The predicted molar refractivity (Wildman–Crippen MR) is 98.4 cm³/mol. The molecule has 6 nitrogen and oxygen atoms in total. The summed E-state index contributed by atoms with van der Waals surface area (Å²) in [5, 5.41) is 9.85. The first-order valence-corrected chi connectivity index (χ1v) is 9.40. The maximum atomic E-state index is 12.3. The molecule has 1 saturated carbocycles. The number of hydrogen-bond acceptors (Lipinski definition) is 5. The topological polar surface area (TPSA) is 78.5 Å². The minimum absolute atomic E-state index is 0.0357. The number of rotatable bonds is 6. The lowest BCUT2D eigenvalue weighted by molar-refractivity contribution is 0.239. The molecule has 1 aliphatic carbocycles. The highest BCUT2D eigenvalue weighted by Gasteiger charge is 2.25. The van der Waals surface area contributed by atoms with Crippen LogP contribution in [0.3, 0.4) is 0 Å². The van der Waals surface area contributed by atoms with Crippen LogP contribution in [-0.2, 0) is 25.9 Å². The molecular weight excluding hydrogens is 330 g/mol. The third-order valence-electron chi connectivity index (χ3n) is 5.11. The van der Waals surface area contributed by atoms with Gasteiger partial charge in [-0.25, -0.2) is 4.98 Å². The summed E-state index contributed by atoms with van der Waals surface area (Å²) in [5.41, 5.74) is 2.87. The number of benzene rings is 1. The van der Waals surface area contributed by atoms with E-state index in [9.17, 15) is 9.90 Å². The van der Waals surface area contributed by atoms with E-state index in [4.69, 9.17) is 9.72 Å².